The van der Waals surface area contributed by atoms with Gasteiger partial charge in [0.2, 0.25) is 0 Å². The van der Waals surface area contributed by atoms with E-state index >= 15 is 0 Å². The van der Waals surface area contributed by atoms with Gasteiger partial charge < -0.3 is 5.73 Å². The van der Waals surface area contributed by atoms with Crippen molar-refractivity contribution in [2.24, 2.45) is 11.7 Å². The van der Waals surface area contributed by atoms with Crippen LogP contribution in [0.25, 0.3) is 0 Å². The van der Waals surface area contributed by atoms with E-state index in [4.69, 9.17) is 5.73 Å². The van der Waals surface area contributed by atoms with Gasteiger partial charge in [0.15, 0.2) is 0 Å². The average molecular weight is 226 g/mol. The Labute approximate surface area is 102 Å². The fraction of sp³-hybridized carbons (Fsp3) is 1.00. The highest BCUT2D eigenvalue weighted by molar-refractivity contribution is 4.95. The Kier molecular flexibility index (Phi) is 5.77. The van der Waals surface area contributed by atoms with Gasteiger partial charge in [0.1, 0.15) is 0 Å². The van der Waals surface area contributed by atoms with Crippen LogP contribution < -0.4 is 5.73 Å². The highest BCUT2D eigenvalue weighted by Gasteiger charge is 2.37. The van der Waals surface area contributed by atoms with Crippen molar-refractivity contribution in [3.63, 3.8) is 0 Å². The molecule has 0 aliphatic heterocycles. The Morgan fingerprint density at radius 1 is 1.12 bits per heavy atom. The second-order valence-corrected chi connectivity index (χ2v) is 5.36. The van der Waals surface area contributed by atoms with Crippen molar-refractivity contribution in [1.29, 1.82) is 0 Å². The van der Waals surface area contributed by atoms with Crippen molar-refractivity contribution in [1.82, 2.24) is 4.90 Å². The van der Waals surface area contributed by atoms with Crippen LogP contribution in [0, 0.1) is 5.92 Å². The minimum absolute atomic E-state index is 0.345. The van der Waals surface area contributed by atoms with Gasteiger partial charge in [-0.15, -0.1) is 0 Å². The lowest BCUT2D eigenvalue weighted by atomic mass is 9.92. The van der Waals surface area contributed by atoms with Gasteiger partial charge in [0.25, 0.3) is 0 Å². The number of nitrogens with zero attached hydrogens (tertiary/aromatic N) is 1. The molecule has 2 heteroatoms. The van der Waals surface area contributed by atoms with E-state index in [1.165, 1.54) is 45.1 Å². The maximum absolute atomic E-state index is 6.06. The summed E-state index contributed by atoms with van der Waals surface area (Å²) in [4.78, 5) is 2.68. The molecule has 0 saturated heterocycles. The van der Waals surface area contributed by atoms with Crippen LogP contribution >= 0.6 is 0 Å². The van der Waals surface area contributed by atoms with Crippen LogP contribution in [0.3, 0.4) is 0 Å². The van der Waals surface area contributed by atoms with Gasteiger partial charge in [0, 0.05) is 18.6 Å². The Bertz CT molecular complexity index is 181. The first-order valence-corrected chi connectivity index (χ1v) is 7.17. The lowest BCUT2D eigenvalue weighted by molar-refractivity contribution is 0.0839. The smallest absolute Gasteiger partial charge is 0.0331 e. The predicted octanol–water partition coefficient (Wildman–Crippen LogP) is 3.02. The molecule has 0 heterocycles. The van der Waals surface area contributed by atoms with Gasteiger partial charge in [0.05, 0.1) is 0 Å². The third-order valence-corrected chi connectivity index (χ3v) is 4.60. The van der Waals surface area contributed by atoms with Crippen molar-refractivity contribution < 1.29 is 0 Å². The molecular weight excluding hydrogens is 196 g/mol. The van der Waals surface area contributed by atoms with Crippen LogP contribution in [0.1, 0.15) is 59.3 Å². The van der Waals surface area contributed by atoms with Crippen molar-refractivity contribution >= 4 is 0 Å². The molecule has 0 aromatic heterocycles. The lowest BCUT2D eigenvalue weighted by Gasteiger charge is -2.42. The summed E-state index contributed by atoms with van der Waals surface area (Å²) >= 11 is 0. The molecule has 1 rings (SSSR count). The molecule has 0 unspecified atom stereocenters. The monoisotopic (exact) mass is 226 g/mol. The van der Waals surface area contributed by atoms with Crippen molar-refractivity contribution in [3.05, 3.63) is 0 Å². The summed E-state index contributed by atoms with van der Waals surface area (Å²) in [5, 5.41) is 0. The first-order valence-electron chi connectivity index (χ1n) is 7.17. The minimum Gasteiger partial charge on any atom is -0.329 e. The molecule has 1 aliphatic carbocycles. The molecule has 96 valence electrons. The van der Waals surface area contributed by atoms with E-state index in [-0.39, 0.29) is 0 Å². The molecule has 0 spiro atoms. The van der Waals surface area contributed by atoms with Crippen molar-refractivity contribution in [3.8, 4) is 0 Å². The number of nitrogens with two attached hydrogens (primary N) is 1. The van der Waals surface area contributed by atoms with Crippen LogP contribution in [-0.2, 0) is 0 Å². The van der Waals surface area contributed by atoms with Crippen LogP contribution in [-0.4, -0.2) is 30.1 Å². The second kappa shape index (κ2) is 6.61. The molecular formula is C14H30N2. The summed E-state index contributed by atoms with van der Waals surface area (Å²) in [6.45, 7) is 10.2. The van der Waals surface area contributed by atoms with E-state index in [9.17, 15) is 0 Å². The zero-order chi connectivity index (χ0) is 12.0. The zero-order valence-corrected chi connectivity index (χ0v) is 11.5. The van der Waals surface area contributed by atoms with Crippen molar-refractivity contribution in [2.45, 2.75) is 64.8 Å². The molecule has 1 aliphatic rings. The molecule has 1 saturated carbocycles. The second-order valence-electron chi connectivity index (χ2n) is 5.36. The molecule has 1 fully saturated rings. The van der Waals surface area contributed by atoms with E-state index in [0.717, 1.165) is 19.0 Å². The van der Waals surface area contributed by atoms with Crippen LogP contribution in [0.4, 0.5) is 0 Å². The van der Waals surface area contributed by atoms with Gasteiger partial charge in [-0.1, -0.05) is 46.5 Å². The van der Waals surface area contributed by atoms with Gasteiger partial charge >= 0.3 is 0 Å². The maximum Gasteiger partial charge on any atom is 0.0331 e. The summed E-state index contributed by atoms with van der Waals surface area (Å²) in [5.74, 6) is 0.851. The van der Waals surface area contributed by atoms with Crippen LogP contribution in [0.2, 0.25) is 0 Å². The summed E-state index contributed by atoms with van der Waals surface area (Å²) in [5.41, 5.74) is 6.41. The molecule has 2 nitrogen and oxygen atoms in total. The molecule has 0 bridgehead atoms. The predicted molar refractivity (Wildman–Crippen MR) is 71.6 cm³/mol. The molecule has 2 N–H and O–H groups in total. The molecule has 0 amide bonds. The fourth-order valence-electron chi connectivity index (χ4n) is 3.20. The molecule has 16 heavy (non-hydrogen) atoms. The van der Waals surface area contributed by atoms with E-state index in [1.807, 2.05) is 0 Å². The van der Waals surface area contributed by atoms with Gasteiger partial charge in [-0.2, -0.15) is 0 Å². The highest BCUT2D eigenvalue weighted by Crippen LogP contribution is 2.35. The number of hydrogen-bond acceptors (Lipinski definition) is 2. The lowest BCUT2D eigenvalue weighted by Crippen LogP contribution is -2.53. The molecule has 0 atom stereocenters. The third-order valence-electron chi connectivity index (χ3n) is 4.60. The topological polar surface area (TPSA) is 29.3 Å². The fourth-order valence-corrected chi connectivity index (χ4v) is 3.20. The standard InChI is InChI=1S/C14H30N2/c1-4-13(5-2)11-16(6-3)14(12-15)9-7-8-10-14/h13H,4-12,15H2,1-3H3. The summed E-state index contributed by atoms with van der Waals surface area (Å²) in [7, 11) is 0. The molecule has 0 radical (unpaired) electrons. The first-order chi connectivity index (χ1) is 7.72. The summed E-state index contributed by atoms with van der Waals surface area (Å²) < 4.78 is 0. The summed E-state index contributed by atoms with van der Waals surface area (Å²) in [6.07, 6.45) is 7.98. The van der Waals surface area contributed by atoms with Gasteiger partial charge in [-0.3, -0.25) is 4.90 Å². The van der Waals surface area contributed by atoms with E-state index < -0.39 is 0 Å². The van der Waals surface area contributed by atoms with E-state index in [0.29, 0.717) is 5.54 Å². The number of hydrogen-bond donors (Lipinski definition) is 1. The zero-order valence-electron chi connectivity index (χ0n) is 11.5. The molecule has 0 aromatic carbocycles. The van der Waals surface area contributed by atoms with Crippen LogP contribution in [0.5, 0.6) is 0 Å². The number of rotatable bonds is 7. The normalized spacial score (nSPS) is 19.9. The number of likely N-dealkylation sites (N-methyl/N-ethyl adjacent to an activating group) is 1. The summed E-state index contributed by atoms with van der Waals surface area (Å²) in [6, 6.07) is 0. The van der Waals surface area contributed by atoms with Gasteiger partial charge in [-0.05, 0) is 25.3 Å². The molecule has 0 aromatic rings. The minimum atomic E-state index is 0.345. The Balaban J connectivity index is 2.63. The van der Waals surface area contributed by atoms with E-state index in [2.05, 4.69) is 25.7 Å². The third kappa shape index (κ3) is 2.98. The van der Waals surface area contributed by atoms with E-state index in [1.54, 1.807) is 0 Å². The Hall–Kier alpha value is -0.0800. The van der Waals surface area contributed by atoms with Crippen molar-refractivity contribution in [2.75, 3.05) is 19.6 Å². The maximum atomic E-state index is 6.06. The SMILES string of the molecule is CCC(CC)CN(CC)C1(CN)CCCC1. The largest absolute Gasteiger partial charge is 0.329 e. The average Bonchev–Trinajstić information content (AvgIpc) is 2.80. The van der Waals surface area contributed by atoms with Gasteiger partial charge in [-0.25, -0.2) is 0 Å². The quantitative estimate of drug-likeness (QED) is 0.723. The van der Waals surface area contributed by atoms with Crippen LogP contribution in [0.15, 0.2) is 0 Å². The Morgan fingerprint density at radius 2 is 1.69 bits per heavy atom. The highest BCUT2D eigenvalue weighted by atomic mass is 15.2. The Morgan fingerprint density at radius 3 is 2.06 bits per heavy atom. The first kappa shape index (κ1) is 14.0.